The number of tetrazole rings is 1. The molecule has 0 unspecified atom stereocenters. The topological polar surface area (TPSA) is 184 Å². The predicted octanol–water partition coefficient (Wildman–Crippen LogP) is 6.59. The molecule has 15 nitrogen and oxygen atoms in total. The van der Waals surface area contributed by atoms with Crippen molar-refractivity contribution >= 4 is 35.4 Å². The van der Waals surface area contributed by atoms with Gasteiger partial charge in [-0.1, -0.05) is 36.4 Å². The summed E-state index contributed by atoms with van der Waals surface area (Å²) in [6, 6.07) is 22.7. The first kappa shape index (κ1) is 42.6. The number of hydrogen-bond acceptors (Lipinski definition) is 10. The maximum atomic E-state index is 13.9. The van der Waals surface area contributed by atoms with Crippen molar-refractivity contribution in [2.75, 3.05) is 42.9 Å². The Morgan fingerprint density at radius 1 is 0.763 bits per heavy atom. The molecule has 1 aliphatic heterocycles. The van der Waals surface area contributed by atoms with Crippen LogP contribution in [0, 0.1) is 11.8 Å². The number of hydrogen-bond donors (Lipinski definition) is 4. The number of aromatic amines is 1. The third-order valence-electron chi connectivity index (χ3n) is 10.4. The van der Waals surface area contributed by atoms with Gasteiger partial charge in [0.2, 0.25) is 17.6 Å². The van der Waals surface area contributed by atoms with Gasteiger partial charge in [-0.25, -0.2) is 9.59 Å². The fourth-order valence-corrected chi connectivity index (χ4v) is 7.29. The van der Waals surface area contributed by atoms with Gasteiger partial charge in [0.25, 0.3) is 0 Å². The Balaban J connectivity index is 1.07. The van der Waals surface area contributed by atoms with Crippen LogP contribution in [0.15, 0.2) is 72.8 Å². The smallest absolute Gasteiger partial charge is 0.410 e. The summed E-state index contributed by atoms with van der Waals surface area (Å²) in [4.78, 5) is 56.3. The summed E-state index contributed by atoms with van der Waals surface area (Å²) in [5, 5.41) is 23.0. The number of ether oxygens (including phenoxy) is 2. The number of carbonyl (C=O) groups is 4. The molecule has 4 N–H and O–H groups in total. The summed E-state index contributed by atoms with van der Waals surface area (Å²) in [6.07, 6.45) is 2.47. The summed E-state index contributed by atoms with van der Waals surface area (Å²) >= 11 is 0. The molecular weight excluding hydrogens is 751 g/mol. The van der Waals surface area contributed by atoms with Gasteiger partial charge in [-0.3, -0.25) is 9.59 Å². The molecule has 1 saturated carbocycles. The SMILES string of the molecule is CC(C)(C)OC(=O)NC[C@H]1CC[C@H](C(=O)N[C@@H](Cc2ccc(-c3ccc(N4CCN(C(=O)OC(C)(C)C)CC4)cc3)cc2)C(=O)Nc2ccc(-c3nn[nH]n3)cc2)CC1. The molecule has 0 spiro atoms. The van der Waals surface area contributed by atoms with Gasteiger partial charge in [-0.05, 0) is 131 Å². The van der Waals surface area contributed by atoms with E-state index in [-0.39, 0.29) is 29.7 Å². The minimum atomic E-state index is -0.827. The van der Waals surface area contributed by atoms with Gasteiger partial charge >= 0.3 is 12.2 Å². The Kier molecular flexibility index (Phi) is 13.5. The zero-order chi connectivity index (χ0) is 42.2. The second-order valence-electron chi connectivity index (χ2n) is 17.4. The average Bonchev–Trinajstić information content (AvgIpc) is 3.75. The van der Waals surface area contributed by atoms with Crippen molar-refractivity contribution in [1.29, 1.82) is 0 Å². The molecule has 314 valence electrons. The number of amides is 4. The number of nitrogens with one attached hydrogen (secondary N) is 4. The Hall–Kier alpha value is -5.99. The van der Waals surface area contributed by atoms with Crippen LogP contribution in [0.5, 0.6) is 0 Å². The predicted molar refractivity (Wildman–Crippen MR) is 225 cm³/mol. The lowest BCUT2D eigenvalue weighted by Crippen LogP contribution is -2.50. The fraction of sp³-hybridized carbons (Fsp3) is 0.477. The molecule has 0 bridgehead atoms. The molecule has 1 aliphatic carbocycles. The first-order chi connectivity index (χ1) is 28.1. The number of rotatable bonds is 11. The third kappa shape index (κ3) is 12.5. The first-order valence-corrected chi connectivity index (χ1v) is 20.4. The van der Waals surface area contributed by atoms with Crippen molar-refractivity contribution in [2.24, 2.45) is 11.8 Å². The van der Waals surface area contributed by atoms with E-state index in [4.69, 9.17) is 9.47 Å². The zero-order valence-corrected chi connectivity index (χ0v) is 34.9. The second-order valence-corrected chi connectivity index (χ2v) is 17.4. The lowest BCUT2D eigenvalue weighted by molar-refractivity contribution is -0.130. The first-order valence-electron chi connectivity index (χ1n) is 20.4. The maximum Gasteiger partial charge on any atom is 0.410 e. The molecule has 3 aromatic carbocycles. The number of alkyl carbamates (subject to hydrolysis) is 1. The van der Waals surface area contributed by atoms with Crippen LogP contribution < -0.4 is 20.9 Å². The van der Waals surface area contributed by atoms with Crippen LogP contribution in [0.1, 0.15) is 72.8 Å². The number of aromatic nitrogens is 4. The number of benzene rings is 3. The number of carbonyl (C=O) groups excluding carboxylic acids is 4. The number of piperazine rings is 1. The van der Waals surface area contributed by atoms with Crippen molar-refractivity contribution in [1.82, 2.24) is 36.2 Å². The number of H-pyrrole nitrogens is 1. The molecule has 2 aliphatic rings. The van der Waals surface area contributed by atoms with Crippen LogP contribution in [0.25, 0.3) is 22.5 Å². The molecule has 1 aromatic heterocycles. The fourth-order valence-electron chi connectivity index (χ4n) is 7.29. The molecule has 4 amide bonds. The van der Waals surface area contributed by atoms with E-state index < -0.39 is 23.3 Å². The van der Waals surface area contributed by atoms with E-state index in [0.717, 1.165) is 53.9 Å². The summed E-state index contributed by atoms with van der Waals surface area (Å²) in [5.74, 6) is -0.0292. The average molecular weight is 808 g/mol. The van der Waals surface area contributed by atoms with Gasteiger partial charge in [0.1, 0.15) is 17.2 Å². The van der Waals surface area contributed by atoms with Gasteiger partial charge in [0, 0.05) is 62.0 Å². The Morgan fingerprint density at radius 3 is 1.93 bits per heavy atom. The zero-order valence-electron chi connectivity index (χ0n) is 34.9. The Bertz CT molecular complexity index is 2010. The van der Waals surface area contributed by atoms with E-state index in [1.807, 2.05) is 65.8 Å². The minimum Gasteiger partial charge on any atom is -0.444 e. The maximum absolute atomic E-state index is 13.9. The van der Waals surface area contributed by atoms with Crippen molar-refractivity contribution in [2.45, 2.75) is 90.9 Å². The highest BCUT2D eigenvalue weighted by molar-refractivity contribution is 5.97. The summed E-state index contributed by atoms with van der Waals surface area (Å²) in [5.41, 5.74) is 4.30. The van der Waals surface area contributed by atoms with Crippen LogP contribution >= 0.6 is 0 Å². The van der Waals surface area contributed by atoms with E-state index in [2.05, 4.69) is 65.7 Å². The monoisotopic (exact) mass is 807 g/mol. The summed E-state index contributed by atoms with van der Waals surface area (Å²) < 4.78 is 10.9. The Morgan fingerprint density at radius 2 is 1.36 bits per heavy atom. The van der Waals surface area contributed by atoms with Crippen LogP contribution in [0.4, 0.5) is 21.0 Å². The van der Waals surface area contributed by atoms with E-state index in [0.29, 0.717) is 50.4 Å². The lowest BCUT2D eigenvalue weighted by Gasteiger charge is -2.36. The quantitative estimate of drug-likeness (QED) is 0.129. The molecule has 6 rings (SSSR count). The molecule has 15 heteroatoms. The summed E-state index contributed by atoms with van der Waals surface area (Å²) in [7, 11) is 0. The Labute approximate surface area is 346 Å². The molecule has 1 atom stereocenters. The molecular formula is C44H57N9O6. The van der Waals surface area contributed by atoms with E-state index >= 15 is 0 Å². The standard InChI is InChI=1S/C44H57N9O6/c1-43(2,3)58-41(56)45-28-30-9-13-34(14-10-30)39(54)47-37(40(55)46-35-19-15-33(16-20-35)38-48-50-51-49-38)27-29-7-11-31(12-8-29)32-17-21-36(22-18-32)52-23-25-53(26-24-52)42(57)59-44(4,5)6/h7-8,11-12,15-22,30,34,37H,9-10,13-14,23-28H2,1-6H3,(H,45,56)(H,46,55)(H,47,54)(H,48,49,50,51)/t30-,34-,37-/m0/s1. The second kappa shape index (κ2) is 18.7. The third-order valence-corrected chi connectivity index (χ3v) is 10.4. The van der Waals surface area contributed by atoms with E-state index in [1.54, 1.807) is 29.2 Å². The van der Waals surface area contributed by atoms with Crippen LogP contribution in [0.2, 0.25) is 0 Å². The number of anilines is 2. The normalized spacial score (nSPS) is 17.7. The van der Waals surface area contributed by atoms with Crippen molar-refractivity contribution in [3.05, 3.63) is 78.4 Å². The van der Waals surface area contributed by atoms with Gasteiger partial charge in [0.05, 0.1) is 0 Å². The largest absolute Gasteiger partial charge is 0.444 e. The molecule has 4 aromatic rings. The highest BCUT2D eigenvalue weighted by atomic mass is 16.6. The van der Waals surface area contributed by atoms with E-state index in [1.165, 1.54) is 0 Å². The van der Waals surface area contributed by atoms with E-state index in [9.17, 15) is 19.2 Å². The van der Waals surface area contributed by atoms with Gasteiger partial charge in [-0.2, -0.15) is 5.21 Å². The van der Waals surface area contributed by atoms with Gasteiger partial charge < -0.3 is 35.2 Å². The molecule has 1 saturated heterocycles. The van der Waals surface area contributed by atoms with Crippen molar-refractivity contribution < 1.29 is 28.7 Å². The van der Waals surface area contributed by atoms with Gasteiger partial charge in [0.15, 0.2) is 0 Å². The molecule has 0 radical (unpaired) electrons. The van der Waals surface area contributed by atoms with Gasteiger partial charge in [-0.15, -0.1) is 10.2 Å². The number of nitrogens with zero attached hydrogens (tertiary/aromatic N) is 5. The highest BCUT2D eigenvalue weighted by Gasteiger charge is 2.31. The van der Waals surface area contributed by atoms with Crippen molar-refractivity contribution in [3.8, 4) is 22.5 Å². The lowest BCUT2D eigenvalue weighted by atomic mass is 9.81. The van der Waals surface area contributed by atoms with Crippen LogP contribution in [-0.4, -0.2) is 99.5 Å². The van der Waals surface area contributed by atoms with Crippen LogP contribution in [-0.2, 0) is 25.5 Å². The minimum absolute atomic E-state index is 0.154. The highest BCUT2D eigenvalue weighted by Crippen LogP contribution is 2.30. The molecule has 2 fully saturated rings. The van der Waals surface area contributed by atoms with Crippen molar-refractivity contribution in [3.63, 3.8) is 0 Å². The molecule has 2 heterocycles. The molecule has 59 heavy (non-hydrogen) atoms. The van der Waals surface area contributed by atoms with Crippen LogP contribution in [0.3, 0.4) is 0 Å². The summed E-state index contributed by atoms with van der Waals surface area (Å²) in [6.45, 7) is 14.2.